The zero-order valence-electron chi connectivity index (χ0n) is 14.3. The van der Waals surface area contributed by atoms with Gasteiger partial charge in [-0.3, -0.25) is 4.79 Å². The van der Waals surface area contributed by atoms with Crippen LogP contribution in [0.25, 0.3) is 0 Å². The molecule has 0 bridgehead atoms. The van der Waals surface area contributed by atoms with Crippen LogP contribution in [0.4, 0.5) is 0 Å². The van der Waals surface area contributed by atoms with Gasteiger partial charge in [-0.15, -0.1) is 0 Å². The predicted octanol–water partition coefficient (Wildman–Crippen LogP) is 2.05. The normalized spacial score (nSPS) is 31.5. The Morgan fingerprint density at radius 1 is 1.21 bits per heavy atom. The molecule has 0 aromatic heterocycles. The Balaban J connectivity index is 1.66. The molecule has 0 unspecified atom stereocenters. The molecule has 2 aliphatic rings. The number of fused-ring (bicyclic) bond motifs is 1. The molecule has 0 aliphatic carbocycles. The molecule has 0 saturated carbocycles. The Morgan fingerprint density at radius 2 is 1.92 bits per heavy atom. The van der Waals surface area contributed by atoms with Crippen molar-refractivity contribution in [2.75, 3.05) is 13.7 Å². The van der Waals surface area contributed by atoms with Crippen molar-refractivity contribution in [3.05, 3.63) is 35.9 Å². The number of methoxy groups -OCH3 is 1. The van der Waals surface area contributed by atoms with Crippen molar-refractivity contribution in [1.29, 1.82) is 0 Å². The molecule has 0 N–H and O–H groups in total. The van der Waals surface area contributed by atoms with Gasteiger partial charge in [-0.25, -0.2) is 0 Å². The SMILES string of the molecule is COC(=O)C[C@@H]1OC[C@H](OCc2ccccc2)[C@H]2OC(C)(C)O[C@H]21. The average Bonchev–Trinajstić information content (AvgIpc) is 2.90. The van der Waals surface area contributed by atoms with Crippen LogP contribution in [0.3, 0.4) is 0 Å². The fraction of sp³-hybridized carbons (Fsp3) is 0.611. The van der Waals surface area contributed by atoms with Gasteiger partial charge in [-0.2, -0.15) is 0 Å². The summed E-state index contributed by atoms with van der Waals surface area (Å²) in [4.78, 5) is 11.6. The lowest BCUT2D eigenvalue weighted by Gasteiger charge is -2.36. The number of hydrogen-bond donors (Lipinski definition) is 0. The lowest BCUT2D eigenvalue weighted by atomic mass is 9.98. The largest absolute Gasteiger partial charge is 0.469 e. The number of esters is 1. The smallest absolute Gasteiger partial charge is 0.308 e. The van der Waals surface area contributed by atoms with E-state index in [1.54, 1.807) is 0 Å². The molecule has 0 amide bonds. The summed E-state index contributed by atoms with van der Waals surface area (Å²) in [5.74, 6) is -1.05. The highest BCUT2D eigenvalue weighted by Crippen LogP contribution is 2.37. The average molecular weight is 336 g/mol. The summed E-state index contributed by atoms with van der Waals surface area (Å²) in [6.07, 6.45) is -1.12. The van der Waals surface area contributed by atoms with Gasteiger partial charge in [0, 0.05) is 0 Å². The monoisotopic (exact) mass is 336 g/mol. The molecule has 132 valence electrons. The van der Waals surface area contributed by atoms with Gasteiger partial charge >= 0.3 is 5.97 Å². The number of carbonyl (C=O) groups is 1. The highest BCUT2D eigenvalue weighted by atomic mass is 16.8. The molecule has 6 heteroatoms. The Labute approximate surface area is 142 Å². The third kappa shape index (κ3) is 3.95. The second kappa shape index (κ2) is 7.19. The van der Waals surface area contributed by atoms with Crippen LogP contribution in [0.1, 0.15) is 25.8 Å². The number of carbonyl (C=O) groups excluding carboxylic acids is 1. The number of benzene rings is 1. The van der Waals surface area contributed by atoms with E-state index >= 15 is 0 Å². The van der Waals surface area contributed by atoms with E-state index in [1.165, 1.54) is 7.11 Å². The first-order valence-electron chi connectivity index (χ1n) is 8.18. The van der Waals surface area contributed by atoms with E-state index in [2.05, 4.69) is 0 Å². The van der Waals surface area contributed by atoms with Crippen LogP contribution in [0, 0.1) is 0 Å². The van der Waals surface area contributed by atoms with Crippen molar-refractivity contribution in [2.45, 2.75) is 57.1 Å². The summed E-state index contributed by atoms with van der Waals surface area (Å²) < 4.78 is 28.6. The summed E-state index contributed by atoms with van der Waals surface area (Å²) in [6, 6.07) is 9.94. The van der Waals surface area contributed by atoms with Crippen molar-refractivity contribution < 1.29 is 28.5 Å². The molecule has 0 radical (unpaired) electrons. The van der Waals surface area contributed by atoms with Gasteiger partial charge in [0.2, 0.25) is 0 Å². The molecule has 2 fully saturated rings. The second-order valence-corrected chi connectivity index (χ2v) is 6.55. The molecule has 2 aliphatic heterocycles. The van der Waals surface area contributed by atoms with Crippen LogP contribution in [0.2, 0.25) is 0 Å². The molecular formula is C18H24O6. The van der Waals surface area contributed by atoms with Crippen molar-refractivity contribution >= 4 is 5.97 Å². The van der Waals surface area contributed by atoms with Crippen LogP contribution in [0.5, 0.6) is 0 Å². The first kappa shape index (κ1) is 17.4. The van der Waals surface area contributed by atoms with E-state index in [9.17, 15) is 4.79 Å². The van der Waals surface area contributed by atoms with Crippen LogP contribution >= 0.6 is 0 Å². The molecule has 1 aromatic carbocycles. The highest BCUT2D eigenvalue weighted by molar-refractivity contribution is 5.69. The number of rotatable bonds is 5. The van der Waals surface area contributed by atoms with Crippen molar-refractivity contribution in [3.63, 3.8) is 0 Å². The molecule has 1 aromatic rings. The quantitative estimate of drug-likeness (QED) is 0.767. The van der Waals surface area contributed by atoms with E-state index in [0.29, 0.717) is 13.2 Å². The topological polar surface area (TPSA) is 63.2 Å². The first-order chi connectivity index (χ1) is 11.5. The first-order valence-corrected chi connectivity index (χ1v) is 8.18. The van der Waals surface area contributed by atoms with Crippen LogP contribution in [-0.2, 0) is 35.1 Å². The van der Waals surface area contributed by atoms with Crippen LogP contribution in [0.15, 0.2) is 30.3 Å². The molecule has 4 atom stereocenters. The van der Waals surface area contributed by atoms with Gasteiger partial charge in [0.25, 0.3) is 0 Å². The molecule has 2 heterocycles. The maximum Gasteiger partial charge on any atom is 0.308 e. The zero-order chi connectivity index (χ0) is 17.2. The van der Waals surface area contributed by atoms with E-state index in [4.69, 9.17) is 23.7 Å². The van der Waals surface area contributed by atoms with E-state index in [-0.39, 0.29) is 36.8 Å². The lowest BCUT2D eigenvalue weighted by Crippen LogP contribution is -2.52. The maximum atomic E-state index is 11.6. The van der Waals surface area contributed by atoms with Crippen LogP contribution in [-0.4, -0.2) is 49.9 Å². The standard InChI is InChI=1S/C18H24O6/c1-18(2)23-16-13(9-15(19)20-3)22-11-14(17(16)24-18)21-10-12-7-5-4-6-8-12/h4-8,13-14,16-17H,9-11H2,1-3H3/t13-,14-,16-,17+/m0/s1. The summed E-state index contributed by atoms with van der Waals surface area (Å²) in [5.41, 5.74) is 1.09. The van der Waals surface area contributed by atoms with Gasteiger partial charge in [-0.1, -0.05) is 30.3 Å². The predicted molar refractivity (Wildman–Crippen MR) is 85.2 cm³/mol. The third-order valence-corrected chi connectivity index (χ3v) is 4.27. The Kier molecular flexibility index (Phi) is 5.20. The minimum Gasteiger partial charge on any atom is -0.469 e. The summed E-state index contributed by atoms with van der Waals surface area (Å²) in [5, 5.41) is 0. The number of ether oxygens (including phenoxy) is 5. The minimum atomic E-state index is -0.730. The van der Waals surface area contributed by atoms with E-state index in [0.717, 1.165) is 5.56 Å². The zero-order valence-corrected chi connectivity index (χ0v) is 14.3. The van der Waals surface area contributed by atoms with Gasteiger partial charge in [-0.05, 0) is 19.4 Å². The highest BCUT2D eigenvalue weighted by Gasteiger charge is 2.52. The second-order valence-electron chi connectivity index (χ2n) is 6.55. The van der Waals surface area contributed by atoms with Gasteiger partial charge in [0.05, 0.1) is 32.8 Å². The van der Waals surface area contributed by atoms with E-state index in [1.807, 2.05) is 44.2 Å². The van der Waals surface area contributed by atoms with Gasteiger partial charge < -0.3 is 23.7 Å². The van der Waals surface area contributed by atoms with Crippen molar-refractivity contribution in [1.82, 2.24) is 0 Å². The molecule has 6 nitrogen and oxygen atoms in total. The molecule has 0 spiro atoms. The summed E-state index contributed by atoms with van der Waals surface area (Å²) in [6.45, 7) is 4.54. The fourth-order valence-corrected chi connectivity index (χ4v) is 3.14. The van der Waals surface area contributed by atoms with E-state index < -0.39 is 5.79 Å². The lowest BCUT2D eigenvalue weighted by molar-refractivity contribution is -0.175. The fourth-order valence-electron chi connectivity index (χ4n) is 3.14. The Morgan fingerprint density at radius 3 is 2.62 bits per heavy atom. The molecule has 24 heavy (non-hydrogen) atoms. The van der Waals surface area contributed by atoms with Crippen molar-refractivity contribution in [2.24, 2.45) is 0 Å². The molecule has 3 rings (SSSR count). The molecular weight excluding hydrogens is 312 g/mol. The number of hydrogen-bond acceptors (Lipinski definition) is 6. The van der Waals surface area contributed by atoms with Gasteiger partial charge in [0.1, 0.15) is 18.3 Å². The molecule has 2 saturated heterocycles. The van der Waals surface area contributed by atoms with Crippen LogP contribution < -0.4 is 0 Å². The minimum absolute atomic E-state index is 0.141. The van der Waals surface area contributed by atoms with Crippen molar-refractivity contribution in [3.8, 4) is 0 Å². The summed E-state index contributed by atoms with van der Waals surface area (Å²) in [7, 11) is 1.37. The third-order valence-electron chi connectivity index (χ3n) is 4.27. The van der Waals surface area contributed by atoms with Gasteiger partial charge in [0.15, 0.2) is 5.79 Å². The Hall–Kier alpha value is -1.47. The maximum absolute atomic E-state index is 11.6. The Bertz CT molecular complexity index is 558. The summed E-state index contributed by atoms with van der Waals surface area (Å²) >= 11 is 0.